The monoisotopic (exact) mass is 427 g/mol. The SMILES string of the molecule is CC1(C)CCC(C)(C)c2cc([Se]C#Cc3ccc(C(=O)O)c([O-])c3)ccc21. The molecule has 0 saturated carbocycles. The summed E-state index contributed by atoms with van der Waals surface area (Å²) in [5.74, 6) is 1.30. The Bertz CT molecular complexity index is 961. The molecular weight excluding hydrogens is 403 g/mol. The number of carbonyl (C=O) groups is 1. The zero-order valence-electron chi connectivity index (χ0n) is 16.1. The zero-order valence-corrected chi connectivity index (χ0v) is 17.8. The van der Waals surface area contributed by atoms with Crippen molar-refractivity contribution >= 4 is 25.4 Å². The van der Waals surface area contributed by atoms with E-state index in [1.807, 2.05) is 0 Å². The second-order valence-corrected chi connectivity index (χ2v) is 10.2. The van der Waals surface area contributed by atoms with Crippen LogP contribution < -0.4 is 9.57 Å². The maximum absolute atomic E-state index is 11.8. The molecule has 0 heterocycles. The van der Waals surface area contributed by atoms with Gasteiger partial charge in [-0.25, -0.2) is 0 Å². The van der Waals surface area contributed by atoms with Crippen molar-refractivity contribution in [3.05, 3.63) is 58.7 Å². The predicted octanol–water partition coefficient (Wildman–Crippen LogP) is 3.15. The summed E-state index contributed by atoms with van der Waals surface area (Å²) in [6.45, 7) is 9.24. The summed E-state index contributed by atoms with van der Waals surface area (Å²) in [6.07, 6.45) is 2.37. The van der Waals surface area contributed by atoms with Crippen molar-refractivity contribution in [3.8, 4) is 16.5 Å². The van der Waals surface area contributed by atoms with Crippen molar-refractivity contribution in [3.63, 3.8) is 0 Å². The van der Waals surface area contributed by atoms with Crippen LogP contribution in [0.2, 0.25) is 0 Å². The van der Waals surface area contributed by atoms with Crippen LogP contribution in [-0.2, 0) is 10.8 Å². The Balaban J connectivity index is 1.84. The second-order valence-electron chi connectivity index (χ2n) is 8.32. The van der Waals surface area contributed by atoms with E-state index in [2.05, 4.69) is 56.6 Å². The molecule has 140 valence electrons. The van der Waals surface area contributed by atoms with Gasteiger partial charge in [-0.1, -0.05) is 0 Å². The summed E-state index contributed by atoms with van der Waals surface area (Å²) >= 11 is -0.0266. The molecule has 0 unspecified atom stereocenters. The first kappa shape index (κ1) is 19.5. The number of fused-ring (bicyclic) bond motifs is 1. The van der Waals surface area contributed by atoms with Crippen LogP contribution in [0.25, 0.3) is 0 Å². The molecule has 0 aromatic heterocycles. The Hall–Kier alpha value is -2.21. The maximum atomic E-state index is 11.8. The van der Waals surface area contributed by atoms with E-state index < -0.39 is 11.7 Å². The number of rotatable bonds is 2. The first-order valence-electron chi connectivity index (χ1n) is 8.97. The van der Waals surface area contributed by atoms with E-state index in [1.54, 1.807) is 6.07 Å². The van der Waals surface area contributed by atoms with Crippen molar-refractivity contribution in [1.29, 1.82) is 0 Å². The second kappa shape index (κ2) is 7.07. The number of hydrogen-bond acceptors (Lipinski definition) is 2. The van der Waals surface area contributed by atoms with Gasteiger partial charge in [-0.05, 0) is 0 Å². The van der Waals surface area contributed by atoms with Crippen LogP contribution in [0.4, 0.5) is 0 Å². The molecule has 0 spiro atoms. The minimum absolute atomic E-state index is 0.0266. The van der Waals surface area contributed by atoms with Crippen LogP contribution in [0.15, 0.2) is 36.4 Å². The van der Waals surface area contributed by atoms with E-state index in [0.29, 0.717) is 5.56 Å². The third kappa shape index (κ3) is 4.05. The van der Waals surface area contributed by atoms with Gasteiger partial charge in [-0.2, -0.15) is 0 Å². The van der Waals surface area contributed by atoms with Gasteiger partial charge >= 0.3 is 167 Å². The van der Waals surface area contributed by atoms with E-state index in [0.717, 1.165) is 0 Å². The van der Waals surface area contributed by atoms with E-state index in [9.17, 15) is 9.90 Å². The average molecular weight is 426 g/mol. The molecule has 2 aromatic carbocycles. The van der Waals surface area contributed by atoms with E-state index in [1.165, 1.54) is 40.6 Å². The topological polar surface area (TPSA) is 60.4 Å². The molecule has 3 nitrogen and oxygen atoms in total. The fourth-order valence-corrected chi connectivity index (χ4v) is 4.81. The molecule has 1 aliphatic carbocycles. The Morgan fingerprint density at radius 2 is 1.70 bits per heavy atom. The third-order valence-electron chi connectivity index (χ3n) is 5.40. The number of hydrogen-bond donors (Lipinski definition) is 1. The molecule has 3 rings (SSSR count). The van der Waals surface area contributed by atoms with Gasteiger partial charge in [0.25, 0.3) is 0 Å². The predicted molar refractivity (Wildman–Crippen MR) is 107 cm³/mol. The molecule has 0 fully saturated rings. The van der Waals surface area contributed by atoms with Crippen molar-refractivity contribution in [2.24, 2.45) is 0 Å². The molecule has 0 atom stereocenters. The minimum atomic E-state index is -1.21. The van der Waals surface area contributed by atoms with Gasteiger partial charge in [0.15, 0.2) is 0 Å². The van der Waals surface area contributed by atoms with Crippen LogP contribution in [0.3, 0.4) is 0 Å². The van der Waals surface area contributed by atoms with Crippen molar-refractivity contribution in [1.82, 2.24) is 0 Å². The van der Waals surface area contributed by atoms with E-state index in [4.69, 9.17) is 5.11 Å². The van der Waals surface area contributed by atoms with Crippen LogP contribution in [0, 0.1) is 10.7 Å². The molecule has 1 aliphatic rings. The fraction of sp³-hybridized carbons (Fsp3) is 0.348. The van der Waals surface area contributed by atoms with Gasteiger partial charge in [0.2, 0.25) is 0 Å². The Kier molecular flexibility index (Phi) is 5.12. The molecule has 4 heteroatoms. The number of aromatic carboxylic acids is 1. The van der Waals surface area contributed by atoms with Gasteiger partial charge in [-0.15, -0.1) is 0 Å². The molecule has 0 bridgehead atoms. The van der Waals surface area contributed by atoms with Crippen molar-refractivity contribution < 1.29 is 15.0 Å². The number of carboxylic acids is 1. The number of benzene rings is 2. The Morgan fingerprint density at radius 3 is 2.33 bits per heavy atom. The van der Waals surface area contributed by atoms with Crippen LogP contribution >= 0.6 is 0 Å². The standard InChI is InChI=1S/C23H24O3Se/c1-22(2)10-11-23(3,4)19-14-16(6-8-18(19)22)27-12-9-15-5-7-17(21(25)26)20(24)13-15/h5-8,13-14,24H,10-11H2,1-4H3,(H,25,26)/p-1. The normalized spacial score (nSPS) is 16.7. The molecule has 0 aliphatic heterocycles. The van der Waals surface area contributed by atoms with Crippen molar-refractivity contribution in [2.45, 2.75) is 51.4 Å². The summed E-state index contributed by atoms with van der Waals surface area (Å²) in [4.78, 5) is 14.1. The molecular formula is C23H23O3Se-. The van der Waals surface area contributed by atoms with Crippen LogP contribution in [-0.4, -0.2) is 26.0 Å². The molecule has 2 aromatic rings. The summed E-state index contributed by atoms with van der Waals surface area (Å²) in [5.41, 5.74) is 3.59. The van der Waals surface area contributed by atoms with Gasteiger partial charge in [0, 0.05) is 0 Å². The summed E-state index contributed by atoms with van der Waals surface area (Å²) < 4.78 is 1.23. The van der Waals surface area contributed by atoms with Gasteiger partial charge in [-0.3, -0.25) is 0 Å². The molecule has 0 amide bonds. The first-order valence-corrected chi connectivity index (χ1v) is 10.7. The molecule has 1 N–H and O–H groups in total. The van der Waals surface area contributed by atoms with Gasteiger partial charge in [0.1, 0.15) is 0 Å². The van der Waals surface area contributed by atoms with Gasteiger partial charge in [0.05, 0.1) is 0 Å². The average Bonchev–Trinajstić information content (AvgIpc) is 2.59. The van der Waals surface area contributed by atoms with Crippen LogP contribution in [0.1, 0.15) is 67.6 Å². The first-order chi connectivity index (χ1) is 12.6. The quantitative estimate of drug-likeness (QED) is 0.593. The Labute approximate surface area is 167 Å². The fourth-order valence-electron chi connectivity index (χ4n) is 3.55. The molecule has 0 radical (unpaired) electrons. The van der Waals surface area contributed by atoms with Crippen molar-refractivity contribution in [2.75, 3.05) is 0 Å². The molecule has 0 saturated heterocycles. The Morgan fingerprint density at radius 1 is 1.04 bits per heavy atom. The number of carboxylic acid groups (broad SMARTS) is 1. The zero-order chi connectivity index (χ0) is 19.8. The summed E-state index contributed by atoms with van der Waals surface area (Å²) in [7, 11) is 0. The summed E-state index contributed by atoms with van der Waals surface area (Å²) in [5, 5.41) is 20.7. The van der Waals surface area contributed by atoms with E-state index in [-0.39, 0.29) is 31.4 Å². The van der Waals surface area contributed by atoms with E-state index >= 15 is 0 Å². The third-order valence-corrected chi connectivity index (χ3v) is 6.86. The molecule has 27 heavy (non-hydrogen) atoms. The van der Waals surface area contributed by atoms with Gasteiger partial charge < -0.3 is 0 Å². The summed E-state index contributed by atoms with van der Waals surface area (Å²) in [6, 6.07) is 10.9. The van der Waals surface area contributed by atoms with Crippen LogP contribution in [0.5, 0.6) is 5.75 Å².